The van der Waals surface area contributed by atoms with E-state index in [4.69, 9.17) is 11.6 Å². The zero-order chi connectivity index (χ0) is 12.3. The van der Waals surface area contributed by atoms with E-state index in [2.05, 4.69) is 10.2 Å². The van der Waals surface area contributed by atoms with Crippen molar-refractivity contribution < 1.29 is 0 Å². The van der Waals surface area contributed by atoms with Gasteiger partial charge in [0.15, 0.2) is 0 Å². The van der Waals surface area contributed by atoms with Gasteiger partial charge < -0.3 is 5.73 Å². The Hall–Kier alpha value is -1.10. The van der Waals surface area contributed by atoms with Crippen LogP contribution in [0, 0.1) is 29.6 Å². The molecule has 0 saturated heterocycles. The summed E-state index contributed by atoms with van der Waals surface area (Å²) in [5.41, 5.74) is 6.84. The summed E-state index contributed by atoms with van der Waals surface area (Å²) in [4.78, 5) is 0. The van der Waals surface area contributed by atoms with Gasteiger partial charge in [-0.3, -0.25) is 5.01 Å². The van der Waals surface area contributed by atoms with Crippen LogP contribution >= 0.6 is 0 Å². The van der Waals surface area contributed by atoms with Gasteiger partial charge in [0.2, 0.25) is 5.96 Å². The molecular formula is C13H21N5. The Morgan fingerprint density at radius 1 is 0.944 bits per heavy atom. The van der Waals surface area contributed by atoms with Gasteiger partial charge in [-0.15, -0.1) is 5.10 Å². The Bertz CT molecular complexity index is 399. The first kappa shape index (κ1) is 10.8. The van der Waals surface area contributed by atoms with Crippen molar-refractivity contribution in [1.29, 1.82) is 0 Å². The van der Waals surface area contributed by atoms with Gasteiger partial charge in [0.05, 0.1) is 12.3 Å². The van der Waals surface area contributed by atoms with E-state index >= 15 is 0 Å². The molecule has 4 saturated carbocycles. The normalized spacial score (nSPS) is 46.1. The predicted octanol–water partition coefficient (Wildman–Crippen LogP) is 0.919. The van der Waals surface area contributed by atoms with Crippen LogP contribution < -0.4 is 11.6 Å². The number of hydrogen-bond donors (Lipinski definition) is 2. The van der Waals surface area contributed by atoms with Crippen molar-refractivity contribution in [1.82, 2.24) is 5.01 Å². The Kier molecular flexibility index (Phi) is 2.22. The molecule has 5 aliphatic rings. The van der Waals surface area contributed by atoms with E-state index in [0.717, 1.165) is 23.7 Å². The lowest BCUT2D eigenvalue weighted by molar-refractivity contribution is -0.00934. The molecule has 4 bridgehead atoms. The molecule has 0 radical (unpaired) electrons. The third-order valence-electron chi connectivity index (χ3n) is 5.52. The topological polar surface area (TPSA) is 80.0 Å². The third kappa shape index (κ3) is 1.49. The van der Waals surface area contributed by atoms with Crippen LogP contribution in [0.2, 0.25) is 0 Å². The van der Waals surface area contributed by atoms with Gasteiger partial charge in [0, 0.05) is 5.92 Å². The van der Waals surface area contributed by atoms with Crippen LogP contribution in [0.5, 0.6) is 0 Å². The summed E-state index contributed by atoms with van der Waals surface area (Å²) in [6.45, 7) is 0.669. The van der Waals surface area contributed by atoms with Crippen molar-refractivity contribution in [2.45, 2.75) is 32.1 Å². The van der Waals surface area contributed by atoms with Gasteiger partial charge in [0.1, 0.15) is 0 Å². The SMILES string of the molecule is NC1=NN=C(C2C3CC4CC(C3)CC2C4)CN1N. The maximum Gasteiger partial charge on any atom is 0.231 e. The molecule has 5 heteroatoms. The molecule has 5 rings (SSSR count). The van der Waals surface area contributed by atoms with Crippen molar-refractivity contribution in [3.8, 4) is 0 Å². The maximum absolute atomic E-state index is 5.86. The monoisotopic (exact) mass is 247 g/mol. The molecular weight excluding hydrogens is 226 g/mol. The van der Waals surface area contributed by atoms with E-state index in [1.807, 2.05) is 0 Å². The number of hydrogen-bond acceptors (Lipinski definition) is 5. The van der Waals surface area contributed by atoms with Crippen LogP contribution in [0.4, 0.5) is 0 Å². The summed E-state index contributed by atoms with van der Waals surface area (Å²) in [5, 5.41) is 9.91. The Labute approximate surface area is 107 Å². The Morgan fingerprint density at radius 3 is 2.11 bits per heavy atom. The van der Waals surface area contributed by atoms with Crippen LogP contribution in [-0.4, -0.2) is 23.2 Å². The molecule has 18 heavy (non-hydrogen) atoms. The Morgan fingerprint density at radius 2 is 1.56 bits per heavy atom. The molecule has 98 valence electrons. The minimum atomic E-state index is 0.336. The first-order valence-corrected chi connectivity index (χ1v) is 7.13. The molecule has 0 amide bonds. The molecule has 0 aromatic heterocycles. The third-order valence-corrected chi connectivity index (χ3v) is 5.52. The highest BCUT2D eigenvalue weighted by atomic mass is 15.5. The standard InChI is InChI=1S/C13H21N5/c14-13-17-16-11(6-18(13)15)12-9-2-7-1-8(4-9)5-10(12)3-7/h7-10,12H,1-6,15H2,(H2,14,17). The second-order valence-electron chi connectivity index (χ2n) is 6.63. The minimum absolute atomic E-state index is 0.336. The fourth-order valence-electron chi connectivity index (χ4n) is 5.10. The molecule has 4 aliphatic carbocycles. The molecule has 0 aromatic carbocycles. The number of nitrogens with zero attached hydrogens (tertiary/aromatic N) is 3. The maximum atomic E-state index is 5.86. The van der Waals surface area contributed by atoms with E-state index in [-0.39, 0.29) is 0 Å². The van der Waals surface area contributed by atoms with Gasteiger partial charge >= 0.3 is 0 Å². The molecule has 4 N–H and O–H groups in total. The summed E-state index contributed by atoms with van der Waals surface area (Å²) >= 11 is 0. The van der Waals surface area contributed by atoms with Crippen LogP contribution in [0.15, 0.2) is 10.2 Å². The lowest BCUT2D eigenvalue weighted by atomic mass is 9.51. The van der Waals surface area contributed by atoms with Crippen molar-refractivity contribution in [3.05, 3.63) is 0 Å². The van der Waals surface area contributed by atoms with Crippen molar-refractivity contribution >= 4 is 11.7 Å². The van der Waals surface area contributed by atoms with Gasteiger partial charge in [-0.2, -0.15) is 5.10 Å². The molecule has 1 aliphatic heterocycles. The van der Waals surface area contributed by atoms with Gasteiger partial charge in [-0.1, -0.05) is 0 Å². The number of nitrogens with two attached hydrogens (primary N) is 2. The van der Waals surface area contributed by atoms with E-state index in [0.29, 0.717) is 18.4 Å². The molecule has 4 fully saturated rings. The second kappa shape index (κ2) is 3.70. The lowest BCUT2D eigenvalue weighted by Gasteiger charge is -2.54. The predicted molar refractivity (Wildman–Crippen MR) is 70.5 cm³/mol. The van der Waals surface area contributed by atoms with Gasteiger partial charge in [-0.05, 0) is 55.8 Å². The quantitative estimate of drug-likeness (QED) is 0.676. The number of hydrazine groups is 1. The lowest BCUT2D eigenvalue weighted by Crippen LogP contribution is -2.54. The summed E-state index contributed by atoms with van der Waals surface area (Å²) in [6, 6.07) is 0. The van der Waals surface area contributed by atoms with Crippen LogP contribution in [-0.2, 0) is 0 Å². The average molecular weight is 247 g/mol. The summed E-state index contributed by atoms with van der Waals surface area (Å²) < 4.78 is 0. The zero-order valence-electron chi connectivity index (χ0n) is 10.6. The number of guanidine groups is 1. The summed E-state index contributed by atoms with van der Waals surface area (Å²) in [5.74, 6) is 10.5. The van der Waals surface area contributed by atoms with Crippen LogP contribution in [0.3, 0.4) is 0 Å². The molecule has 5 nitrogen and oxygen atoms in total. The highest BCUT2D eigenvalue weighted by Gasteiger charge is 2.50. The van der Waals surface area contributed by atoms with Crippen molar-refractivity contribution in [3.63, 3.8) is 0 Å². The van der Waals surface area contributed by atoms with Gasteiger partial charge in [0.25, 0.3) is 0 Å². The molecule has 0 atom stereocenters. The zero-order valence-corrected chi connectivity index (χ0v) is 10.6. The second-order valence-corrected chi connectivity index (χ2v) is 6.63. The summed E-state index contributed by atoms with van der Waals surface area (Å²) in [7, 11) is 0. The van der Waals surface area contributed by atoms with Crippen molar-refractivity contribution in [2.75, 3.05) is 6.54 Å². The minimum Gasteiger partial charge on any atom is -0.367 e. The fraction of sp³-hybridized carbons (Fsp3) is 0.846. The summed E-state index contributed by atoms with van der Waals surface area (Å²) in [6.07, 6.45) is 7.10. The van der Waals surface area contributed by atoms with Crippen LogP contribution in [0.1, 0.15) is 32.1 Å². The molecule has 0 spiro atoms. The largest absolute Gasteiger partial charge is 0.367 e. The fourth-order valence-corrected chi connectivity index (χ4v) is 5.10. The highest BCUT2D eigenvalue weighted by Crippen LogP contribution is 2.56. The molecule has 0 aromatic rings. The van der Waals surface area contributed by atoms with Crippen molar-refractivity contribution in [2.24, 2.45) is 51.4 Å². The van der Waals surface area contributed by atoms with E-state index in [9.17, 15) is 0 Å². The van der Waals surface area contributed by atoms with E-state index < -0.39 is 0 Å². The highest BCUT2D eigenvalue weighted by molar-refractivity contribution is 5.95. The molecule has 0 unspecified atom stereocenters. The van der Waals surface area contributed by atoms with Crippen LogP contribution in [0.25, 0.3) is 0 Å². The van der Waals surface area contributed by atoms with Gasteiger partial charge in [-0.25, -0.2) is 5.84 Å². The average Bonchev–Trinajstić information content (AvgIpc) is 2.32. The first-order chi connectivity index (χ1) is 8.70. The first-order valence-electron chi connectivity index (χ1n) is 7.13. The van der Waals surface area contributed by atoms with E-state index in [1.165, 1.54) is 42.8 Å². The Balaban J connectivity index is 1.62. The smallest absolute Gasteiger partial charge is 0.231 e. The molecule has 1 heterocycles. The van der Waals surface area contributed by atoms with E-state index in [1.54, 1.807) is 0 Å². The number of rotatable bonds is 1.